The van der Waals surface area contributed by atoms with Crippen molar-refractivity contribution in [3.05, 3.63) is 77.1 Å². The molecular formula is C23H22ClN5O3. The molecule has 0 radical (unpaired) electrons. The Labute approximate surface area is 190 Å². The summed E-state index contributed by atoms with van der Waals surface area (Å²) >= 11 is 6.09. The third-order valence-corrected chi connectivity index (χ3v) is 5.47. The van der Waals surface area contributed by atoms with Crippen LogP contribution in [0, 0.1) is 0 Å². The number of rotatable bonds is 4. The zero-order chi connectivity index (χ0) is 22.5. The Bertz CT molecular complexity index is 1140. The van der Waals surface area contributed by atoms with Crippen molar-refractivity contribution < 1.29 is 14.3 Å². The highest BCUT2D eigenvalue weighted by atomic mass is 35.5. The van der Waals surface area contributed by atoms with E-state index in [9.17, 15) is 9.59 Å². The number of carbonyl (C=O) groups excluding carboxylic acids is 2. The number of ketones is 1. The molecule has 0 spiro atoms. The molecule has 1 aliphatic heterocycles. The molecule has 4 rings (SSSR count). The summed E-state index contributed by atoms with van der Waals surface area (Å²) in [6, 6.07) is 15.5. The number of benzene rings is 1. The maximum absolute atomic E-state index is 12.8. The molecule has 8 nitrogen and oxygen atoms in total. The smallest absolute Gasteiger partial charge is 0.409 e. The molecule has 2 N–H and O–H groups in total. The minimum atomic E-state index is -0.441. The van der Waals surface area contributed by atoms with Crippen molar-refractivity contribution in [2.24, 2.45) is 0 Å². The molecule has 0 bridgehead atoms. The van der Waals surface area contributed by atoms with E-state index in [1.54, 1.807) is 53.4 Å². The number of halogens is 1. The fourth-order valence-corrected chi connectivity index (χ4v) is 3.66. The summed E-state index contributed by atoms with van der Waals surface area (Å²) in [5.41, 5.74) is 6.45. The molecule has 3 aromatic rings. The maximum atomic E-state index is 12.8. The second kappa shape index (κ2) is 9.65. The highest BCUT2D eigenvalue weighted by molar-refractivity contribution is 6.32. The van der Waals surface area contributed by atoms with Crippen LogP contribution in [0.15, 0.2) is 60.8 Å². The van der Waals surface area contributed by atoms with E-state index in [1.807, 2.05) is 11.0 Å². The van der Waals surface area contributed by atoms with Gasteiger partial charge in [0, 0.05) is 32.4 Å². The second-order valence-corrected chi connectivity index (χ2v) is 7.68. The summed E-state index contributed by atoms with van der Waals surface area (Å²) in [6.45, 7) is 2.25. The molecular weight excluding hydrogens is 430 g/mol. The minimum Gasteiger partial charge on any atom is -0.409 e. The van der Waals surface area contributed by atoms with Crippen LogP contribution < -0.4 is 15.4 Å². The van der Waals surface area contributed by atoms with E-state index in [-0.39, 0.29) is 11.6 Å². The first-order chi connectivity index (χ1) is 15.5. The van der Waals surface area contributed by atoms with Gasteiger partial charge >= 0.3 is 6.09 Å². The SMILES string of the molecule is Nc1ncccc1C(=O)c1cccc(N2CCCN(C(=O)Oc3ccccc3Cl)CC2)n1. The zero-order valence-electron chi connectivity index (χ0n) is 17.3. The summed E-state index contributed by atoms with van der Waals surface area (Å²) < 4.78 is 5.45. The predicted molar refractivity (Wildman–Crippen MR) is 122 cm³/mol. The van der Waals surface area contributed by atoms with Crippen molar-refractivity contribution in [1.29, 1.82) is 0 Å². The summed E-state index contributed by atoms with van der Waals surface area (Å²) in [5, 5.41) is 0.386. The van der Waals surface area contributed by atoms with Crippen molar-refractivity contribution in [1.82, 2.24) is 14.9 Å². The van der Waals surface area contributed by atoms with Gasteiger partial charge in [0.1, 0.15) is 17.3 Å². The number of nitrogens with two attached hydrogens (primary N) is 1. The first-order valence-corrected chi connectivity index (χ1v) is 10.6. The van der Waals surface area contributed by atoms with Crippen LogP contribution in [0.25, 0.3) is 0 Å². The molecule has 9 heteroatoms. The molecule has 1 fully saturated rings. The molecule has 2 aromatic heterocycles. The van der Waals surface area contributed by atoms with Gasteiger partial charge in [0.2, 0.25) is 5.78 Å². The lowest BCUT2D eigenvalue weighted by Gasteiger charge is -2.23. The van der Waals surface area contributed by atoms with E-state index in [1.165, 1.54) is 6.20 Å². The summed E-state index contributed by atoms with van der Waals surface area (Å²) in [7, 11) is 0. The lowest BCUT2D eigenvalue weighted by atomic mass is 10.1. The normalized spacial score (nSPS) is 14.0. The Morgan fingerprint density at radius 3 is 2.62 bits per heavy atom. The Morgan fingerprint density at radius 2 is 1.81 bits per heavy atom. The maximum Gasteiger partial charge on any atom is 0.415 e. The van der Waals surface area contributed by atoms with Gasteiger partial charge < -0.3 is 20.3 Å². The Kier molecular flexibility index (Phi) is 6.51. The number of hydrogen-bond acceptors (Lipinski definition) is 7. The van der Waals surface area contributed by atoms with E-state index in [4.69, 9.17) is 22.1 Å². The molecule has 1 saturated heterocycles. The first kappa shape index (κ1) is 21.6. The van der Waals surface area contributed by atoms with Gasteiger partial charge in [-0.3, -0.25) is 4.79 Å². The minimum absolute atomic E-state index is 0.173. The van der Waals surface area contributed by atoms with Gasteiger partial charge in [-0.25, -0.2) is 14.8 Å². The van der Waals surface area contributed by atoms with Crippen molar-refractivity contribution in [3.63, 3.8) is 0 Å². The topological polar surface area (TPSA) is 102 Å². The van der Waals surface area contributed by atoms with E-state index in [0.717, 1.165) is 6.42 Å². The average Bonchev–Trinajstić information content (AvgIpc) is 3.07. The molecule has 3 heterocycles. The largest absolute Gasteiger partial charge is 0.415 e. The fraction of sp³-hybridized carbons (Fsp3) is 0.217. The number of hydrogen-bond donors (Lipinski definition) is 1. The van der Waals surface area contributed by atoms with Crippen molar-refractivity contribution in [2.75, 3.05) is 36.8 Å². The average molecular weight is 452 g/mol. The third-order valence-electron chi connectivity index (χ3n) is 5.16. The van der Waals surface area contributed by atoms with Gasteiger partial charge in [0.05, 0.1) is 10.6 Å². The van der Waals surface area contributed by atoms with Gasteiger partial charge in [-0.1, -0.05) is 29.8 Å². The van der Waals surface area contributed by atoms with Crippen molar-refractivity contribution in [3.8, 4) is 5.75 Å². The molecule has 1 amide bonds. The van der Waals surface area contributed by atoms with E-state index in [2.05, 4.69) is 9.97 Å². The Balaban J connectivity index is 1.44. The number of nitrogen functional groups attached to an aromatic ring is 1. The number of carbonyl (C=O) groups is 2. The van der Waals surface area contributed by atoms with Gasteiger partial charge in [-0.15, -0.1) is 0 Å². The van der Waals surface area contributed by atoms with E-state index in [0.29, 0.717) is 54.0 Å². The highest BCUT2D eigenvalue weighted by Gasteiger charge is 2.23. The van der Waals surface area contributed by atoms with Crippen LogP contribution in [-0.4, -0.2) is 52.9 Å². The zero-order valence-corrected chi connectivity index (χ0v) is 18.0. The molecule has 32 heavy (non-hydrogen) atoms. The van der Waals surface area contributed by atoms with Crippen LogP contribution in [0.4, 0.5) is 16.4 Å². The number of amides is 1. The first-order valence-electron chi connectivity index (χ1n) is 10.2. The molecule has 0 unspecified atom stereocenters. The van der Waals surface area contributed by atoms with Gasteiger partial charge in [0.15, 0.2) is 5.75 Å². The van der Waals surface area contributed by atoms with E-state index < -0.39 is 6.09 Å². The fourth-order valence-electron chi connectivity index (χ4n) is 3.49. The van der Waals surface area contributed by atoms with E-state index >= 15 is 0 Å². The highest BCUT2D eigenvalue weighted by Crippen LogP contribution is 2.24. The van der Waals surface area contributed by atoms with Crippen LogP contribution in [0.5, 0.6) is 5.75 Å². The lowest BCUT2D eigenvalue weighted by molar-refractivity contribution is 0.103. The second-order valence-electron chi connectivity index (χ2n) is 7.27. The van der Waals surface area contributed by atoms with Crippen LogP contribution in [0.1, 0.15) is 22.5 Å². The van der Waals surface area contributed by atoms with Gasteiger partial charge in [-0.2, -0.15) is 0 Å². The number of pyridine rings is 2. The molecule has 0 saturated carbocycles. The number of anilines is 2. The molecule has 0 aliphatic carbocycles. The number of ether oxygens (including phenoxy) is 1. The standard InChI is InChI=1S/C23H22ClN5O3/c24-17-7-1-2-9-19(17)32-23(31)29-13-5-12-28(14-15-29)20-10-3-8-18(27-20)21(30)16-6-4-11-26-22(16)25/h1-4,6-11H,5,12-15H2,(H2,25,26). The van der Waals surface area contributed by atoms with Gasteiger partial charge in [-0.05, 0) is 42.8 Å². The van der Waals surface area contributed by atoms with Crippen LogP contribution in [-0.2, 0) is 0 Å². The Hall–Kier alpha value is -3.65. The quantitative estimate of drug-likeness (QED) is 0.604. The third kappa shape index (κ3) is 4.81. The summed E-state index contributed by atoms with van der Waals surface area (Å²) in [6.07, 6.45) is 1.83. The predicted octanol–water partition coefficient (Wildman–Crippen LogP) is 3.65. The lowest BCUT2D eigenvalue weighted by Crippen LogP contribution is -2.37. The number of aromatic nitrogens is 2. The number of para-hydroxylation sites is 1. The monoisotopic (exact) mass is 451 g/mol. The van der Waals surface area contributed by atoms with Crippen LogP contribution in [0.2, 0.25) is 5.02 Å². The Morgan fingerprint density at radius 1 is 0.969 bits per heavy atom. The van der Waals surface area contributed by atoms with Crippen molar-refractivity contribution in [2.45, 2.75) is 6.42 Å². The molecule has 1 aromatic carbocycles. The molecule has 1 aliphatic rings. The van der Waals surface area contributed by atoms with Crippen LogP contribution in [0.3, 0.4) is 0 Å². The van der Waals surface area contributed by atoms with Gasteiger partial charge in [0.25, 0.3) is 0 Å². The van der Waals surface area contributed by atoms with Crippen molar-refractivity contribution >= 4 is 35.1 Å². The van der Waals surface area contributed by atoms with Crippen LogP contribution >= 0.6 is 11.6 Å². The summed E-state index contributed by atoms with van der Waals surface area (Å²) in [4.78, 5) is 37.6. The molecule has 164 valence electrons. The number of nitrogens with zero attached hydrogens (tertiary/aromatic N) is 4. The summed E-state index contributed by atoms with van der Waals surface area (Å²) in [5.74, 6) is 0.895. The molecule has 0 atom stereocenters.